The van der Waals surface area contributed by atoms with Crippen LogP contribution >= 0.6 is 0 Å². The normalized spacial score (nSPS) is 17.4. The number of rotatable bonds is 8. The van der Waals surface area contributed by atoms with Crippen LogP contribution in [-0.4, -0.2) is 41.3 Å². The number of carbonyl (C=O) groups is 1. The zero-order chi connectivity index (χ0) is 25.1. The summed E-state index contributed by atoms with van der Waals surface area (Å²) >= 11 is 0. The molecule has 1 amide bonds. The first-order chi connectivity index (χ1) is 17.5. The van der Waals surface area contributed by atoms with E-state index in [0.29, 0.717) is 43.7 Å². The minimum Gasteiger partial charge on any atom is -0.496 e. The van der Waals surface area contributed by atoms with Crippen LogP contribution in [0.4, 0.5) is 4.39 Å². The average Bonchev–Trinajstić information content (AvgIpc) is 3.50. The van der Waals surface area contributed by atoms with Crippen molar-refractivity contribution in [3.05, 3.63) is 83.9 Å². The number of nitrogens with zero attached hydrogens (tertiary/aromatic N) is 2. The van der Waals surface area contributed by atoms with Crippen LogP contribution in [0.1, 0.15) is 24.2 Å². The average molecular weight is 488 g/mol. The summed E-state index contributed by atoms with van der Waals surface area (Å²) in [7, 11) is 3.57. The lowest BCUT2D eigenvalue weighted by Crippen LogP contribution is -2.48. The van der Waals surface area contributed by atoms with Crippen molar-refractivity contribution in [1.82, 2.24) is 14.9 Å². The molecule has 0 bridgehead atoms. The summed E-state index contributed by atoms with van der Waals surface area (Å²) in [5.74, 6) is 1.14. The second-order valence-corrected chi connectivity index (χ2v) is 9.25. The minimum absolute atomic E-state index is 0.0883. The summed E-state index contributed by atoms with van der Waals surface area (Å²) in [6, 6.07) is 20.3. The lowest BCUT2D eigenvalue weighted by Gasteiger charge is -2.27. The van der Waals surface area contributed by atoms with E-state index in [9.17, 15) is 9.18 Å². The topological polar surface area (TPSA) is 65.4 Å². The fourth-order valence-corrected chi connectivity index (χ4v) is 5.00. The van der Waals surface area contributed by atoms with Crippen molar-refractivity contribution in [3.63, 3.8) is 0 Å². The Morgan fingerprint density at radius 1 is 1.17 bits per heavy atom. The number of nitrogens with one attached hydrogen (secondary N) is 1. The Kier molecular flexibility index (Phi) is 6.74. The van der Waals surface area contributed by atoms with E-state index in [2.05, 4.69) is 9.88 Å². The minimum atomic E-state index is -0.885. The van der Waals surface area contributed by atoms with E-state index in [0.717, 1.165) is 34.4 Å². The van der Waals surface area contributed by atoms with E-state index in [4.69, 9.17) is 14.5 Å². The Morgan fingerprint density at radius 3 is 2.69 bits per heavy atom. The molecule has 1 aromatic heterocycles. The predicted molar refractivity (Wildman–Crippen MR) is 137 cm³/mol. The molecule has 2 heterocycles. The van der Waals surface area contributed by atoms with Crippen LogP contribution < -0.4 is 10.1 Å². The molecular weight excluding hydrogens is 457 g/mol. The number of methoxy groups -OCH3 is 1. The molecule has 1 aliphatic rings. The first kappa shape index (κ1) is 24.0. The molecule has 5 rings (SSSR count). The molecular formula is C29H30FN3O3. The number of amides is 1. The number of hydrogen-bond donors (Lipinski definition) is 1. The number of carbonyl (C=O) groups excluding carboxylic acids is 1. The van der Waals surface area contributed by atoms with Crippen molar-refractivity contribution < 1.29 is 18.7 Å². The van der Waals surface area contributed by atoms with E-state index in [1.807, 2.05) is 55.6 Å². The highest BCUT2D eigenvalue weighted by Crippen LogP contribution is 2.33. The van der Waals surface area contributed by atoms with Gasteiger partial charge in [-0.15, -0.1) is 0 Å². The standard InChI is InChI=1S/C29H30FN3O3/c1-33-25-7-4-3-6-24(25)32-27(33)14-16-31-28(34)29(15-5-17-36-29)19-20-8-10-21(11-9-20)23-18-22(30)12-13-26(23)35-2/h3-4,6-13,18H,5,14-17,19H2,1-2H3,(H,31,34)/t29-/m1/s1. The van der Waals surface area contributed by atoms with Crippen molar-refractivity contribution >= 4 is 16.9 Å². The molecule has 36 heavy (non-hydrogen) atoms. The largest absolute Gasteiger partial charge is 0.496 e. The molecule has 3 aromatic carbocycles. The Bertz CT molecular complexity index is 1370. The number of halogens is 1. The number of imidazole rings is 1. The summed E-state index contributed by atoms with van der Waals surface area (Å²) in [4.78, 5) is 18.0. The Morgan fingerprint density at radius 2 is 1.97 bits per heavy atom. The van der Waals surface area contributed by atoms with Gasteiger partial charge in [0, 0.05) is 38.6 Å². The number of ether oxygens (including phenoxy) is 2. The molecule has 0 radical (unpaired) electrons. The van der Waals surface area contributed by atoms with Gasteiger partial charge >= 0.3 is 0 Å². The summed E-state index contributed by atoms with van der Waals surface area (Å²) in [6.07, 6.45) is 2.63. The van der Waals surface area contributed by atoms with Crippen LogP contribution in [0.25, 0.3) is 22.2 Å². The molecule has 1 fully saturated rings. The third-order valence-electron chi connectivity index (χ3n) is 6.95. The fourth-order valence-electron chi connectivity index (χ4n) is 5.00. The molecule has 7 heteroatoms. The highest BCUT2D eigenvalue weighted by molar-refractivity contribution is 5.86. The maximum Gasteiger partial charge on any atom is 0.252 e. The van der Waals surface area contributed by atoms with Gasteiger partial charge in [0.05, 0.1) is 18.1 Å². The predicted octanol–water partition coefficient (Wildman–Crippen LogP) is 4.84. The number of hydrogen-bond acceptors (Lipinski definition) is 4. The monoisotopic (exact) mass is 487 g/mol. The Hall–Kier alpha value is -3.71. The Labute approximate surface area is 210 Å². The van der Waals surface area contributed by atoms with Crippen molar-refractivity contribution in [1.29, 1.82) is 0 Å². The van der Waals surface area contributed by atoms with Crippen LogP contribution in [0.15, 0.2) is 66.7 Å². The van der Waals surface area contributed by atoms with E-state index in [1.165, 1.54) is 12.1 Å². The number of fused-ring (bicyclic) bond motifs is 1. The van der Waals surface area contributed by atoms with Crippen molar-refractivity contribution in [2.45, 2.75) is 31.3 Å². The number of aryl methyl sites for hydroxylation is 1. The zero-order valence-electron chi connectivity index (χ0n) is 20.6. The highest BCUT2D eigenvalue weighted by atomic mass is 19.1. The van der Waals surface area contributed by atoms with Crippen molar-refractivity contribution in [3.8, 4) is 16.9 Å². The number of para-hydroxylation sites is 2. The maximum atomic E-state index is 13.8. The summed E-state index contributed by atoms with van der Waals surface area (Å²) in [5, 5.41) is 3.09. The van der Waals surface area contributed by atoms with Crippen LogP contribution in [-0.2, 0) is 29.4 Å². The SMILES string of the molecule is COc1ccc(F)cc1-c1ccc(C[C@@]2(C(=O)NCCc3nc4ccccc4n3C)CCCO2)cc1. The van der Waals surface area contributed by atoms with Crippen LogP contribution in [0.3, 0.4) is 0 Å². The van der Waals surface area contributed by atoms with Crippen molar-refractivity contribution in [2.75, 3.05) is 20.3 Å². The van der Waals surface area contributed by atoms with Gasteiger partial charge in [0.15, 0.2) is 5.60 Å². The van der Waals surface area contributed by atoms with Gasteiger partial charge in [-0.2, -0.15) is 0 Å². The quantitative estimate of drug-likeness (QED) is 0.386. The number of aromatic nitrogens is 2. The van der Waals surface area contributed by atoms with Gasteiger partial charge in [-0.3, -0.25) is 4.79 Å². The third kappa shape index (κ3) is 4.71. The third-order valence-corrected chi connectivity index (χ3v) is 6.95. The fraction of sp³-hybridized carbons (Fsp3) is 0.310. The van der Waals surface area contributed by atoms with Crippen molar-refractivity contribution in [2.24, 2.45) is 7.05 Å². The highest BCUT2D eigenvalue weighted by Gasteiger charge is 2.42. The zero-order valence-corrected chi connectivity index (χ0v) is 20.6. The van der Waals surface area contributed by atoms with E-state index < -0.39 is 5.60 Å². The van der Waals surface area contributed by atoms with Gasteiger partial charge in [-0.25, -0.2) is 9.37 Å². The van der Waals surface area contributed by atoms with Crippen LogP contribution in [0.5, 0.6) is 5.75 Å². The molecule has 0 spiro atoms. The first-order valence-electron chi connectivity index (χ1n) is 12.2. The molecule has 1 aliphatic heterocycles. The maximum absolute atomic E-state index is 13.8. The molecule has 0 saturated carbocycles. The lowest BCUT2D eigenvalue weighted by molar-refractivity contribution is -0.141. The number of benzene rings is 3. The van der Waals surface area contributed by atoms with Gasteiger partial charge in [-0.1, -0.05) is 36.4 Å². The summed E-state index contributed by atoms with van der Waals surface area (Å²) in [6.45, 7) is 1.05. The molecule has 0 aliphatic carbocycles. The Balaban J connectivity index is 1.27. The van der Waals surface area contributed by atoms with E-state index in [1.54, 1.807) is 13.2 Å². The van der Waals surface area contributed by atoms with Gasteiger partial charge < -0.3 is 19.4 Å². The smallest absolute Gasteiger partial charge is 0.252 e. The van der Waals surface area contributed by atoms with Crippen LogP contribution in [0.2, 0.25) is 0 Å². The molecule has 6 nitrogen and oxygen atoms in total. The molecule has 4 aromatic rings. The van der Waals surface area contributed by atoms with Gasteiger partial charge in [0.1, 0.15) is 17.4 Å². The van der Waals surface area contributed by atoms with E-state index >= 15 is 0 Å². The first-order valence-corrected chi connectivity index (χ1v) is 12.2. The second kappa shape index (κ2) is 10.1. The summed E-state index contributed by atoms with van der Waals surface area (Å²) in [5.41, 5.74) is 3.68. The molecule has 186 valence electrons. The van der Waals surface area contributed by atoms with Gasteiger partial charge in [0.2, 0.25) is 0 Å². The second-order valence-electron chi connectivity index (χ2n) is 9.25. The van der Waals surface area contributed by atoms with E-state index in [-0.39, 0.29) is 11.7 Å². The summed E-state index contributed by atoms with van der Waals surface area (Å²) < 4.78 is 27.3. The van der Waals surface area contributed by atoms with Crippen LogP contribution in [0, 0.1) is 5.82 Å². The van der Waals surface area contributed by atoms with Gasteiger partial charge in [-0.05, 0) is 54.3 Å². The molecule has 0 unspecified atom stereocenters. The molecule has 1 saturated heterocycles. The lowest BCUT2D eigenvalue weighted by atomic mass is 9.89. The molecule has 1 N–H and O–H groups in total. The molecule has 1 atom stereocenters. The van der Waals surface area contributed by atoms with Gasteiger partial charge in [0.25, 0.3) is 5.91 Å².